The molecule has 120 valence electrons. The molecule has 0 radical (unpaired) electrons. The molecule has 0 saturated carbocycles. The summed E-state index contributed by atoms with van der Waals surface area (Å²) < 4.78 is 11.0. The van der Waals surface area contributed by atoms with Gasteiger partial charge in [0.2, 0.25) is 0 Å². The van der Waals surface area contributed by atoms with Crippen molar-refractivity contribution in [2.24, 2.45) is 5.92 Å². The minimum absolute atomic E-state index is 0.252. The van der Waals surface area contributed by atoms with Gasteiger partial charge in [-0.2, -0.15) is 0 Å². The molecule has 0 spiro atoms. The molecule has 0 saturated heterocycles. The van der Waals surface area contributed by atoms with Gasteiger partial charge in [0, 0.05) is 18.7 Å². The van der Waals surface area contributed by atoms with Crippen LogP contribution in [0, 0.1) is 12.8 Å². The fraction of sp³-hybridized carbons (Fsp3) is 0.647. The lowest BCUT2D eigenvalue weighted by Crippen LogP contribution is -2.24. The van der Waals surface area contributed by atoms with E-state index in [0.717, 1.165) is 30.0 Å². The van der Waals surface area contributed by atoms with Crippen LogP contribution < -0.4 is 10.1 Å². The molecule has 0 bridgehead atoms. The quantitative estimate of drug-likeness (QED) is 0.696. The number of benzene rings is 1. The predicted octanol–water partition coefficient (Wildman–Crippen LogP) is 2.52. The number of hydrogen-bond donors (Lipinski definition) is 2. The molecule has 0 aromatic heterocycles. The van der Waals surface area contributed by atoms with Crippen molar-refractivity contribution >= 4 is 0 Å². The van der Waals surface area contributed by atoms with Gasteiger partial charge in [0.1, 0.15) is 18.5 Å². The molecule has 0 amide bonds. The monoisotopic (exact) mass is 295 g/mol. The van der Waals surface area contributed by atoms with E-state index in [1.165, 1.54) is 0 Å². The van der Waals surface area contributed by atoms with Gasteiger partial charge in [-0.1, -0.05) is 32.0 Å². The highest BCUT2D eigenvalue weighted by Gasteiger charge is 2.10. The molecular weight excluding hydrogens is 266 g/mol. The minimum Gasteiger partial charge on any atom is -0.490 e. The molecule has 0 heterocycles. The van der Waals surface area contributed by atoms with Crippen LogP contribution in [0.25, 0.3) is 0 Å². The van der Waals surface area contributed by atoms with E-state index in [4.69, 9.17) is 9.47 Å². The first-order chi connectivity index (χ1) is 10.0. The number of aliphatic hydroxyl groups is 1. The lowest BCUT2D eigenvalue weighted by Gasteiger charge is -2.17. The molecule has 2 N–H and O–H groups in total. The SMILES string of the molecule is CCOCC(O)COc1c(C)cccc1CNCC(C)C. The lowest BCUT2D eigenvalue weighted by molar-refractivity contribution is 0.0161. The molecule has 1 aromatic rings. The van der Waals surface area contributed by atoms with E-state index in [1.807, 2.05) is 26.0 Å². The zero-order chi connectivity index (χ0) is 15.7. The van der Waals surface area contributed by atoms with Crippen molar-refractivity contribution in [1.82, 2.24) is 5.32 Å². The Bertz CT molecular complexity index is 407. The second kappa shape index (κ2) is 9.77. The molecule has 21 heavy (non-hydrogen) atoms. The Morgan fingerprint density at radius 3 is 2.67 bits per heavy atom. The minimum atomic E-state index is -0.596. The van der Waals surface area contributed by atoms with Gasteiger partial charge in [-0.05, 0) is 31.9 Å². The van der Waals surface area contributed by atoms with Gasteiger partial charge >= 0.3 is 0 Å². The summed E-state index contributed by atoms with van der Waals surface area (Å²) in [5.74, 6) is 1.48. The van der Waals surface area contributed by atoms with Gasteiger partial charge in [-0.25, -0.2) is 0 Å². The highest BCUT2D eigenvalue weighted by atomic mass is 16.5. The third-order valence-electron chi connectivity index (χ3n) is 3.10. The molecule has 0 aliphatic rings. The van der Waals surface area contributed by atoms with Crippen LogP contribution in [0.15, 0.2) is 18.2 Å². The second-order valence-corrected chi connectivity index (χ2v) is 5.71. The number of para-hydroxylation sites is 1. The molecule has 0 aliphatic heterocycles. The summed E-state index contributed by atoms with van der Waals surface area (Å²) in [6.07, 6.45) is -0.596. The Hall–Kier alpha value is -1.10. The number of hydrogen-bond acceptors (Lipinski definition) is 4. The molecule has 1 unspecified atom stereocenters. The number of ether oxygens (including phenoxy) is 2. The van der Waals surface area contributed by atoms with E-state index in [0.29, 0.717) is 19.1 Å². The van der Waals surface area contributed by atoms with Crippen LogP contribution in [0.3, 0.4) is 0 Å². The van der Waals surface area contributed by atoms with Crippen LogP contribution in [-0.2, 0) is 11.3 Å². The van der Waals surface area contributed by atoms with Gasteiger partial charge in [0.25, 0.3) is 0 Å². The summed E-state index contributed by atoms with van der Waals surface area (Å²) in [6.45, 7) is 11.2. The molecular formula is C17H29NO3. The van der Waals surface area contributed by atoms with E-state index in [2.05, 4.69) is 25.2 Å². The molecule has 1 atom stereocenters. The fourth-order valence-electron chi connectivity index (χ4n) is 2.04. The molecule has 4 nitrogen and oxygen atoms in total. The first kappa shape index (κ1) is 18.0. The van der Waals surface area contributed by atoms with E-state index in [9.17, 15) is 5.11 Å². The molecule has 0 fully saturated rings. The van der Waals surface area contributed by atoms with Crippen LogP contribution >= 0.6 is 0 Å². The summed E-state index contributed by atoms with van der Waals surface area (Å²) in [4.78, 5) is 0. The van der Waals surface area contributed by atoms with E-state index < -0.39 is 6.10 Å². The Labute approximate surface area is 128 Å². The Morgan fingerprint density at radius 2 is 2.00 bits per heavy atom. The van der Waals surface area contributed by atoms with Gasteiger partial charge in [-0.15, -0.1) is 0 Å². The van der Waals surface area contributed by atoms with Crippen molar-refractivity contribution in [3.63, 3.8) is 0 Å². The maximum Gasteiger partial charge on any atom is 0.126 e. The van der Waals surface area contributed by atoms with Gasteiger partial charge < -0.3 is 19.9 Å². The second-order valence-electron chi connectivity index (χ2n) is 5.71. The summed E-state index contributed by atoms with van der Waals surface area (Å²) in [7, 11) is 0. The number of aryl methyl sites for hydroxylation is 1. The van der Waals surface area contributed by atoms with Crippen LogP contribution in [0.2, 0.25) is 0 Å². The van der Waals surface area contributed by atoms with Gasteiger partial charge in [-0.3, -0.25) is 0 Å². The molecule has 0 aliphatic carbocycles. The van der Waals surface area contributed by atoms with Crippen LogP contribution in [0.1, 0.15) is 31.9 Å². The molecule has 1 rings (SSSR count). The largest absolute Gasteiger partial charge is 0.490 e. The third kappa shape index (κ3) is 6.93. The van der Waals surface area contributed by atoms with E-state index in [-0.39, 0.29) is 6.61 Å². The Kier molecular flexibility index (Phi) is 8.35. The highest BCUT2D eigenvalue weighted by Crippen LogP contribution is 2.23. The summed E-state index contributed by atoms with van der Waals surface area (Å²) in [5.41, 5.74) is 2.21. The average Bonchev–Trinajstić information content (AvgIpc) is 2.44. The predicted molar refractivity (Wildman–Crippen MR) is 85.7 cm³/mol. The maximum absolute atomic E-state index is 9.81. The smallest absolute Gasteiger partial charge is 0.126 e. The van der Waals surface area contributed by atoms with Crippen LogP contribution in [-0.4, -0.2) is 37.6 Å². The Morgan fingerprint density at radius 1 is 1.24 bits per heavy atom. The fourth-order valence-corrected chi connectivity index (χ4v) is 2.04. The number of nitrogens with one attached hydrogen (secondary N) is 1. The third-order valence-corrected chi connectivity index (χ3v) is 3.10. The first-order valence-corrected chi connectivity index (χ1v) is 7.72. The summed E-state index contributed by atoms with van der Waals surface area (Å²) in [5, 5.41) is 13.2. The zero-order valence-electron chi connectivity index (χ0n) is 13.7. The molecule has 4 heteroatoms. The Balaban J connectivity index is 2.58. The van der Waals surface area contributed by atoms with Gasteiger partial charge in [0.05, 0.1) is 6.61 Å². The molecule has 1 aromatic carbocycles. The van der Waals surface area contributed by atoms with Crippen molar-refractivity contribution in [3.05, 3.63) is 29.3 Å². The van der Waals surface area contributed by atoms with Crippen molar-refractivity contribution in [2.45, 2.75) is 40.3 Å². The van der Waals surface area contributed by atoms with Crippen molar-refractivity contribution in [1.29, 1.82) is 0 Å². The normalized spacial score (nSPS) is 12.7. The maximum atomic E-state index is 9.81. The topological polar surface area (TPSA) is 50.7 Å². The van der Waals surface area contributed by atoms with Crippen molar-refractivity contribution in [2.75, 3.05) is 26.4 Å². The number of rotatable bonds is 10. The van der Waals surface area contributed by atoms with Crippen molar-refractivity contribution < 1.29 is 14.6 Å². The van der Waals surface area contributed by atoms with Crippen LogP contribution in [0.5, 0.6) is 5.75 Å². The lowest BCUT2D eigenvalue weighted by atomic mass is 10.1. The number of aliphatic hydroxyl groups excluding tert-OH is 1. The van der Waals surface area contributed by atoms with Gasteiger partial charge in [0.15, 0.2) is 0 Å². The van der Waals surface area contributed by atoms with Crippen molar-refractivity contribution in [3.8, 4) is 5.75 Å². The van der Waals surface area contributed by atoms with Crippen LogP contribution in [0.4, 0.5) is 0 Å². The van der Waals surface area contributed by atoms with E-state index >= 15 is 0 Å². The zero-order valence-corrected chi connectivity index (χ0v) is 13.7. The van der Waals surface area contributed by atoms with E-state index in [1.54, 1.807) is 0 Å². The highest BCUT2D eigenvalue weighted by molar-refractivity contribution is 5.40. The summed E-state index contributed by atoms with van der Waals surface area (Å²) >= 11 is 0. The summed E-state index contributed by atoms with van der Waals surface area (Å²) in [6, 6.07) is 6.12. The first-order valence-electron chi connectivity index (χ1n) is 7.72. The standard InChI is InChI=1S/C17H29NO3/c1-5-20-11-16(19)12-21-17-14(4)7-6-8-15(17)10-18-9-13(2)3/h6-8,13,16,18-19H,5,9-12H2,1-4H3. The average molecular weight is 295 g/mol.